The molecule has 120 valence electrons. The molecule has 0 amide bonds. The third-order valence-electron chi connectivity index (χ3n) is 4.87. The first kappa shape index (κ1) is 16.5. The van der Waals surface area contributed by atoms with E-state index in [0.29, 0.717) is 25.7 Å². The molecule has 1 fully saturated rings. The molecular weight excluding hydrogens is 280 g/mol. The van der Waals surface area contributed by atoms with Crippen LogP contribution in [0.4, 0.5) is 0 Å². The van der Waals surface area contributed by atoms with E-state index in [-0.39, 0.29) is 6.42 Å². The zero-order valence-electron chi connectivity index (χ0n) is 13.0. The molecule has 0 aromatic heterocycles. The van der Waals surface area contributed by atoms with Crippen molar-refractivity contribution in [1.29, 1.82) is 0 Å². The molecule has 1 saturated carbocycles. The highest BCUT2D eigenvalue weighted by Crippen LogP contribution is 2.45. The minimum absolute atomic E-state index is 0.256. The number of rotatable bonds is 7. The summed E-state index contributed by atoms with van der Waals surface area (Å²) in [7, 11) is 0. The van der Waals surface area contributed by atoms with Gasteiger partial charge in [0.05, 0.1) is 11.3 Å². The minimum atomic E-state index is -0.870. The summed E-state index contributed by atoms with van der Waals surface area (Å²) >= 11 is 0. The molecule has 2 unspecified atom stereocenters. The molecule has 2 atom stereocenters. The van der Waals surface area contributed by atoms with Gasteiger partial charge in [0.2, 0.25) is 0 Å². The second-order valence-electron chi connectivity index (χ2n) is 6.43. The van der Waals surface area contributed by atoms with E-state index in [0.717, 1.165) is 18.4 Å². The summed E-state index contributed by atoms with van der Waals surface area (Å²) in [6.45, 7) is 2.14. The molecule has 0 saturated heterocycles. The quantitative estimate of drug-likeness (QED) is 0.808. The van der Waals surface area contributed by atoms with Crippen molar-refractivity contribution in [1.82, 2.24) is 0 Å². The highest BCUT2D eigenvalue weighted by molar-refractivity contribution is 5.78. The fourth-order valence-corrected chi connectivity index (χ4v) is 3.41. The van der Waals surface area contributed by atoms with E-state index in [1.54, 1.807) is 0 Å². The van der Waals surface area contributed by atoms with Gasteiger partial charge in [0, 0.05) is 0 Å². The van der Waals surface area contributed by atoms with E-state index in [9.17, 15) is 14.7 Å². The first-order valence-corrected chi connectivity index (χ1v) is 8.01. The van der Waals surface area contributed by atoms with E-state index < -0.39 is 23.3 Å². The topological polar surface area (TPSA) is 74.6 Å². The number of carboxylic acid groups (broad SMARTS) is 2. The highest BCUT2D eigenvalue weighted by Gasteiger charge is 2.47. The van der Waals surface area contributed by atoms with Crippen LogP contribution < -0.4 is 0 Å². The average molecular weight is 304 g/mol. The predicted octanol–water partition coefficient (Wildman–Crippen LogP) is 3.53. The second-order valence-corrected chi connectivity index (χ2v) is 6.43. The van der Waals surface area contributed by atoms with Crippen molar-refractivity contribution >= 4 is 11.9 Å². The molecule has 1 aliphatic rings. The van der Waals surface area contributed by atoms with Crippen LogP contribution in [0.15, 0.2) is 24.3 Å². The maximum Gasteiger partial charge on any atom is 0.309 e. The standard InChI is InChI=1S/C18H24O4/c1-2-3-13-4-6-14(7-5-13)8-10-18(17(21)22)11-9-15(12-18)16(19)20/h4-7,15H,2-3,8-12H2,1H3,(H,19,20)(H,21,22). The normalized spacial score (nSPS) is 24.3. The first-order valence-electron chi connectivity index (χ1n) is 8.01. The van der Waals surface area contributed by atoms with Gasteiger partial charge in [-0.05, 0) is 49.7 Å². The Morgan fingerprint density at radius 2 is 1.73 bits per heavy atom. The third-order valence-corrected chi connectivity index (χ3v) is 4.87. The lowest BCUT2D eigenvalue weighted by molar-refractivity contribution is -0.149. The maximum atomic E-state index is 11.7. The maximum absolute atomic E-state index is 11.7. The Hall–Kier alpha value is -1.84. The first-order chi connectivity index (χ1) is 10.5. The monoisotopic (exact) mass is 304 g/mol. The van der Waals surface area contributed by atoms with Crippen LogP contribution in [0.3, 0.4) is 0 Å². The van der Waals surface area contributed by atoms with E-state index >= 15 is 0 Å². The van der Waals surface area contributed by atoms with Gasteiger partial charge in [-0.1, -0.05) is 37.6 Å². The van der Waals surface area contributed by atoms with Gasteiger partial charge in [-0.15, -0.1) is 0 Å². The van der Waals surface area contributed by atoms with Crippen LogP contribution in [0.5, 0.6) is 0 Å². The van der Waals surface area contributed by atoms with Gasteiger partial charge in [0.15, 0.2) is 0 Å². The Labute approximate surface area is 131 Å². The molecule has 1 aliphatic carbocycles. The third kappa shape index (κ3) is 3.67. The molecule has 0 radical (unpaired) electrons. The summed E-state index contributed by atoms with van der Waals surface area (Å²) in [5.41, 5.74) is 1.55. The molecule has 1 aromatic rings. The predicted molar refractivity (Wildman–Crippen MR) is 83.8 cm³/mol. The van der Waals surface area contributed by atoms with Crippen molar-refractivity contribution < 1.29 is 19.8 Å². The SMILES string of the molecule is CCCc1ccc(CCC2(C(=O)O)CCC(C(=O)O)C2)cc1. The van der Waals surface area contributed by atoms with Crippen molar-refractivity contribution in [2.45, 2.75) is 51.9 Å². The Kier molecular flexibility index (Phi) is 5.22. The van der Waals surface area contributed by atoms with E-state index in [1.165, 1.54) is 5.56 Å². The Morgan fingerprint density at radius 3 is 2.18 bits per heavy atom. The van der Waals surface area contributed by atoms with Crippen molar-refractivity contribution in [3.8, 4) is 0 Å². The number of carboxylic acids is 2. The molecule has 2 N–H and O–H groups in total. The van der Waals surface area contributed by atoms with Crippen molar-refractivity contribution in [2.75, 3.05) is 0 Å². The largest absolute Gasteiger partial charge is 0.481 e. The van der Waals surface area contributed by atoms with Crippen LogP contribution in [-0.2, 0) is 22.4 Å². The van der Waals surface area contributed by atoms with Crippen LogP contribution in [-0.4, -0.2) is 22.2 Å². The van der Waals surface area contributed by atoms with Gasteiger partial charge in [-0.3, -0.25) is 9.59 Å². The summed E-state index contributed by atoms with van der Waals surface area (Å²) in [6.07, 6.45) is 4.55. The zero-order chi connectivity index (χ0) is 16.2. The second kappa shape index (κ2) is 6.95. The van der Waals surface area contributed by atoms with Gasteiger partial charge in [0.1, 0.15) is 0 Å². The van der Waals surface area contributed by atoms with Gasteiger partial charge in [-0.25, -0.2) is 0 Å². The van der Waals surface area contributed by atoms with Gasteiger partial charge in [0.25, 0.3) is 0 Å². The van der Waals surface area contributed by atoms with E-state index in [1.807, 2.05) is 0 Å². The Morgan fingerprint density at radius 1 is 1.14 bits per heavy atom. The number of hydrogen-bond donors (Lipinski definition) is 2. The van der Waals surface area contributed by atoms with Crippen molar-refractivity contribution in [3.63, 3.8) is 0 Å². The lowest BCUT2D eigenvalue weighted by atomic mass is 9.79. The van der Waals surface area contributed by atoms with Crippen LogP contribution >= 0.6 is 0 Å². The summed E-state index contributed by atoms with van der Waals surface area (Å²) in [5, 5.41) is 18.7. The summed E-state index contributed by atoms with van der Waals surface area (Å²) in [6, 6.07) is 8.32. The van der Waals surface area contributed by atoms with Crippen molar-refractivity contribution in [2.24, 2.45) is 11.3 Å². The lowest BCUT2D eigenvalue weighted by Crippen LogP contribution is -2.29. The molecule has 0 heterocycles. The fourth-order valence-electron chi connectivity index (χ4n) is 3.41. The summed E-state index contributed by atoms with van der Waals surface area (Å²) < 4.78 is 0. The van der Waals surface area contributed by atoms with Crippen LogP contribution in [0, 0.1) is 11.3 Å². The molecule has 0 spiro atoms. The molecule has 1 aromatic carbocycles. The molecule has 4 heteroatoms. The molecule has 4 nitrogen and oxygen atoms in total. The van der Waals surface area contributed by atoms with E-state index in [2.05, 4.69) is 31.2 Å². The van der Waals surface area contributed by atoms with Gasteiger partial charge >= 0.3 is 11.9 Å². The molecule has 0 bridgehead atoms. The number of hydrogen-bond acceptors (Lipinski definition) is 2. The smallest absolute Gasteiger partial charge is 0.309 e. The number of aliphatic carboxylic acids is 2. The van der Waals surface area contributed by atoms with Crippen LogP contribution in [0.25, 0.3) is 0 Å². The zero-order valence-corrected chi connectivity index (χ0v) is 13.0. The van der Waals surface area contributed by atoms with E-state index in [4.69, 9.17) is 5.11 Å². The molecular formula is C18H24O4. The Bertz CT molecular complexity index is 535. The van der Waals surface area contributed by atoms with Gasteiger partial charge < -0.3 is 10.2 Å². The van der Waals surface area contributed by atoms with Crippen molar-refractivity contribution in [3.05, 3.63) is 35.4 Å². The number of aryl methyl sites for hydroxylation is 2. The molecule has 22 heavy (non-hydrogen) atoms. The van der Waals surface area contributed by atoms with Gasteiger partial charge in [-0.2, -0.15) is 0 Å². The number of benzene rings is 1. The Balaban J connectivity index is 2.01. The number of carbonyl (C=O) groups is 2. The molecule has 2 rings (SSSR count). The summed E-state index contributed by atoms with van der Waals surface area (Å²) in [4.78, 5) is 22.8. The fraction of sp³-hybridized carbons (Fsp3) is 0.556. The summed E-state index contributed by atoms with van der Waals surface area (Å²) in [5.74, 6) is -2.23. The van der Waals surface area contributed by atoms with Crippen LogP contribution in [0.1, 0.15) is 50.2 Å². The average Bonchev–Trinajstić information content (AvgIpc) is 2.93. The van der Waals surface area contributed by atoms with Crippen LogP contribution in [0.2, 0.25) is 0 Å². The molecule has 0 aliphatic heterocycles. The lowest BCUT2D eigenvalue weighted by Gasteiger charge is -2.24. The highest BCUT2D eigenvalue weighted by atomic mass is 16.4. The minimum Gasteiger partial charge on any atom is -0.481 e.